The van der Waals surface area contributed by atoms with Crippen molar-refractivity contribution >= 4 is 34.7 Å². The van der Waals surface area contributed by atoms with E-state index >= 15 is 0 Å². The second-order valence-corrected chi connectivity index (χ2v) is 5.80. The molecule has 0 aliphatic carbocycles. The zero-order chi connectivity index (χ0) is 18.2. The fraction of sp³-hybridized carbons (Fsp3) is 0.333. The van der Waals surface area contributed by atoms with Crippen molar-refractivity contribution in [1.82, 2.24) is 4.98 Å². The molecule has 7 heteroatoms. The van der Waals surface area contributed by atoms with E-state index in [0.29, 0.717) is 40.1 Å². The van der Waals surface area contributed by atoms with Crippen molar-refractivity contribution in [2.24, 2.45) is 0 Å². The van der Waals surface area contributed by atoms with E-state index in [1.165, 1.54) is 0 Å². The smallest absolute Gasteiger partial charge is 0.224 e. The van der Waals surface area contributed by atoms with Gasteiger partial charge in [0.25, 0.3) is 0 Å². The molecule has 134 valence electrons. The van der Waals surface area contributed by atoms with Crippen LogP contribution >= 0.6 is 11.6 Å². The highest BCUT2D eigenvalue weighted by Crippen LogP contribution is 2.37. The number of rotatable bonds is 8. The highest BCUT2D eigenvalue weighted by Gasteiger charge is 2.11. The molecule has 0 unspecified atom stereocenters. The van der Waals surface area contributed by atoms with E-state index in [4.69, 9.17) is 21.1 Å². The first-order valence-electron chi connectivity index (χ1n) is 8.01. The van der Waals surface area contributed by atoms with E-state index in [-0.39, 0.29) is 5.91 Å². The second kappa shape index (κ2) is 9.13. The molecule has 2 N–H and O–H groups in total. The quantitative estimate of drug-likeness (QED) is 0.715. The predicted molar refractivity (Wildman–Crippen MR) is 100 cm³/mol. The van der Waals surface area contributed by atoms with Crippen molar-refractivity contribution in [2.45, 2.75) is 26.2 Å². The monoisotopic (exact) mass is 363 g/mol. The number of benzene rings is 1. The van der Waals surface area contributed by atoms with Gasteiger partial charge in [-0.2, -0.15) is 0 Å². The van der Waals surface area contributed by atoms with Gasteiger partial charge in [-0.1, -0.05) is 24.9 Å². The standard InChI is InChI=1S/C18H22ClN3O3/c1-4-5-6-18(23)21-12-7-8-17(20-11-12)22-14-10-15(24-2)13(19)9-16(14)25-3/h7-11H,4-6H2,1-3H3,(H,20,22)(H,21,23). The third-order valence-corrected chi connectivity index (χ3v) is 3.84. The first-order chi connectivity index (χ1) is 12.1. The lowest BCUT2D eigenvalue weighted by molar-refractivity contribution is -0.116. The van der Waals surface area contributed by atoms with Gasteiger partial charge in [0.05, 0.1) is 36.8 Å². The van der Waals surface area contributed by atoms with Gasteiger partial charge in [0.15, 0.2) is 0 Å². The second-order valence-electron chi connectivity index (χ2n) is 5.40. The molecule has 0 saturated heterocycles. The number of methoxy groups -OCH3 is 2. The summed E-state index contributed by atoms with van der Waals surface area (Å²) in [5, 5.41) is 6.44. The number of anilines is 3. The number of unbranched alkanes of at least 4 members (excludes halogenated alkanes) is 1. The van der Waals surface area contributed by atoms with Gasteiger partial charge in [0.1, 0.15) is 17.3 Å². The SMILES string of the molecule is CCCCC(=O)Nc1ccc(Nc2cc(OC)c(Cl)cc2OC)nc1. The Hall–Kier alpha value is -2.47. The van der Waals surface area contributed by atoms with E-state index in [9.17, 15) is 4.79 Å². The number of nitrogens with one attached hydrogen (secondary N) is 2. The summed E-state index contributed by atoms with van der Waals surface area (Å²) in [4.78, 5) is 16.0. The maximum atomic E-state index is 11.7. The van der Waals surface area contributed by atoms with Crippen LogP contribution in [0.3, 0.4) is 0 Å². The third-order valence-electron chi connectivity index (χ3n) is 3.54. The van der Waals surface area contributed by atoms with Gasteiger partial charge in [-0.05, 0) is 18.6 Å². The Balaban J connectivity index is 2.09. The number of amides is 1. The van der Waals surface area contributed by atoms with E-state index < -0.39 is 0 Å². The Labute approximate surface area is 152 Å². The molecule has 2 rings (SSSR count). The van der Waals surface area contributed by atoms with Gasteiger partial charge in [0.2, 0.25) is 5.91 Å². The largest absolute Gasteiger partial charge is 0.495 e. The van der Waals surface area contributed by atoms with Gasteiger partial charge in [0, 0.05) is 18.6 Å². The maximum Gasteiger partial charge on any atom is 0.224 e. The van der Waals surface area contributed by atoms with E-state index in [2.05, 4.69) is 22.5 Å². The number of carbonyl (C=O) groups excluding carboxylic acids is 1. The number of hydrogen-bond acceptors (Lipinski definition) is 5. The first-order valence-corrected chi connectivity index (χ1v) is 8.39. The number of ether oxygens (including phenoxy) is 2. The molecule has 1 aromatic heterocycles. The molecule has 0 bridgehead atoms. The molecule has 6 nitrogen and oxygen atoms in total. The molecule has 2 aromatic rings. The lowest BCUT2D eigenvalue weighted by Gasteiger charge is -2.13. The van der Waals surface area contributed by atoms with E-state index in [1.807, 2.05) is 0 Å². The van der Waals surface area contributed by atoms with Crippen molar-refractivity contribution in [2.75, 3.05) is 24.9 Å². The zero-order valence-corrected chi connectivity index (χ0v) is 15.3. The highest BCUT2D eigenvalue weighted by molar-refractivity contribution is 6.32. The van der Waals surface area contributed by atoms with Crippen LogP contribution in [0.4, 0.5) is 17.2 Å². The summed E-state index contributed by atoms with van der Waals surface area (Å²) in [7, 11) is 3.11. The van der Waals surface area contributed by atoms with Gasteiger partial charge in [-0.25, -0.2) is 4.98 Å². The van der Waals surface area contributed by atoms with Crippen LogP contribution in [0.15, 0.2) is 30.5 Å². The van der Waals surface area contributed by atoms with Crippen LogP contribution < -0.4 is 20.1 Å². The van der Waals surface area contributed by atoms with E-state index in [1.54, 1.807) is 44.7 Å². The van der Waals surface area contributed by atoms with Crippen molar-refractivity contribution in [3.05, 3.63) is 35.5 Å². The van der Waals surface area contributed by atoms with Crippen molar-refractivity contribution in [3.8, 4) is 11.5 Å². The summed E-state index contributed by atoms with van der Waals surface area (Å²) >= 11 is 6.10. The molecule has 1 amide bonds. The third kappa shape index (κ3) is 5.26. The highest BCUT2D eigenvalue weighted by atomic mass is 35.5. The average Bonchev–Trinajstić information content (AvgIpc) is 2.62. The maximum absolute atomic E-state index is 11.7. The Bertz CT molecular complexity index is 720. The average molecular weight is 364 g/mol. The lowest BCUT2D eigenvalue weighted by atomic mass is 10.2. The number of hydrogen-bond donors (Lipinski definition) is 2. The summed E-state index contributed by atoms with van der Waals surface area (Å²) in [5.41, 5.74) is 1.34. The molecule has 0 saturated carbocycles. The summed E-state index contributed by atoms with van der Waals surface area (Å²) < 4.78 is 10.5. The molecule has 0 spiro atoms. The Morgan fingerprint density at radius 3 is 2.56 bits per heavy atom. The minimum Gasteiger partial charge on any atom is -0.495 e. The van der Waals surface area contributed by atoms with Crippen LogP contribution in [0.1, 0.15) is 26.2 Å². The Kier molecular flexibility index (Phi) is 6.89. The van der Waals surface area contributed by atoms with Crippen molar-refractivity contribution in [3.63, 3.8) is 0 Å². The summed E-state index contributed by atoms with van der Waals surface area (Å²) in [6.07, 6.45) is 3.97. The van der Waals surface area contributed by atoms with Gasteiger partial charge >= 0.3 is 0 Å². The number of halogens is 1. The fourth-order valence-corrected chi connectivity index (χ4v) is 2.43. The Morgan fingerprint density at radius 1 is 1.20 bits per heavy atom. The van der Waals surface area contributed by atoms with Crippen LogP contribution in [-0.4, -0.2) is 25.1 Å². The molecule has 0 fully saturated rings. The summed E-state index contributed by atoms with van der Waals surface area (Å²) in [6, 6.07) is 6.98. The molecule has 1 heterocycles. The normalized spacial score (nSPS) is 10.2. The summed E-state index contributed by atoms with van der Waals surface area (Å²) in [6.45, 7) is 2.05. The molecule has 1 aromatic carbocycles. The predicted octanol–water partition coefficient (Wildman–Crippen LogP) is 4.62. The number of carbonyl (C=O) groups is 1. The number of aromatic nitrogens is 1. The number of pyridine rings is 1. The van der Waals surface area contributed by atoms with Crippen LogP contribution in [-0.2, 0) is 4.79 Å². The van der Waals surface area contributed by atoms with Gasteiger partial charge < -0.3 is 20.1 Å². The molecular weight excluding hydrogens is 342 g/mol. The number of nitrogens with zero attached hydrogens (tertiary/aromatic N) is 1. The topological polar surface area (TPSA) is 72.5 Å². The lowest BCUT2D eigenvalue weighted by Crippen LogP contribution is -2.11. The van der Waals surface area contributed by atoms with Crippen LogP contribution in [0, 0.1) is 0 Å². The molecule has 0 aliphatic rings. The minimum atomic E-state index is -0.00605. The van der Waals surface area contributed by atoms with Crippen LogP contribution in [0.2, 0.25) is 5.02 Å². The van der Waals surface area contributed by atoms with Gasteiger partial charge in [-0.3, -0.25) is 4.79 Å². The van der Waals surface area contributed by atoms with Crippen LogP contribution in [0.25, 0.3) is 0 Å². The zero-order valence-electron chi connectivity index (χ0n) is 14.6. The minimum absolute atomic E-state index is 0.00605. The van der Waals surface area contributed by atoms with E-state index in [0.717, 1.165) is 12.8 Å². The molecule has 0 radical (unpaired) electrons. The summed E-state index contributed by atoms with van der Waals surface area (Å²) in [5.74, 6) is 1.71. The van der Waals surface area contributed by atoms with Crippen LogP contribution in [0.5, 0.6) is 11.5 Å². The Morgan fingerprint density at radius 2 is 1.96 bits per heavy atom. The van der Waals surface area contributed by atoms with Crippen molar-refractivity contribution < 1.29 is 14.3 Å². The molecule has 25 heavy (non-hydrogen) atoms. The fourth-order valence-electron chi connectivity index (χ4n) is 2.20. The molecule has 0 atom stereocenters. The first kappa shape index (κ1) is 18.9. The van der Waals surface area contributed by atoms with Gasteiger partial charge in [-0.15, -0.1) is 0 Å². The van der Waals surface area contributed by atoms with Crippen molar-refractivity contribution in [1.29, 1.82) is 0 Å². The molecular formula is C18H22ClN3O3. The molecule has 0 aliphatic heterocycles.